The Labute approximate surface area is 118 Å². The summed E-state index contributed by atoms with van der Waals surface area (Å²) in [5, 5.41) is 11.1. The number of halogens is 1. The minimum absolute atomic E-state index is 0.246. The van der Waals surface area contributed by atoms with Crippen LogP contribution in [0.5, 0.6) is 0 Å². The number of carbonyl (C=O) groups is 2. The van der Waals surface area contributed by atoms with Crippen molar-refractivity contribution in [1.29, 1.82) is 0 Å². The van der Waals surface area contributed by atoms with Crippen molar-refractivity contribution < 1.29 is 14.7 Å². The van der Waals surface area contributed by atoms with Crippen LogP contribution in [0.15, 0.2) is 33.6 Å². The van der Waals surface area contributed by atoms with Crippen molar-refractivity contribution in [2.45, 2.75) is 24.3 Å². The highest BCUT2D eigenvalue weighted by atomic mass is 79.9. The predicted molar refractivity (Wildman–Crippen MR) is 74.7 cm³/mol. The third kappa shape index (κ3) is 5.10. The fourth-order valence-corrected chi connectivity index (χ4v) is 2.71. The number of hydrogen-bond donors (Lipinski definition) is 2. The molecule has 0 radical (unpaired) electrons. The van der Waals surface area contributed by atoms with Gasteiger partial charge in [-0.15, -0.1) is 11.8 Å². The van der Waals surface area contributed by atoms with Crippen LogP contribution in [0.4, 0.5) is 0 Å². The minimum Gasteiger partial charge on any atom is -0.480 e. The van der Waals surface area contributed by atoms with E-state index < -0.39 is 12.0 Å². The zero-order chi connectivity index (χ0) is 13.5. The summed E-state index contributed by atoms with van der Waals surface area (Å²) in [5.74, 6) is -0.660. The Kier molecular flexibility index (Phi) is 6.21. The number of aliphatic carboxylic acids is 1. The average molecular weight is 332 g/mol. The van der Waals surface area contributed by atoms with Crippen molar-refractivity contribution >= 4 is 39.6 Å². The molecule has 18 heavy (non-hydrogen) atoms. The number of thioether (sulfide) groups is 1. The molecule has 6 heteroatoms. The van der Waals surface area contributed by atoms with Gasteiger partial charge < -0.3 is 10.4 Å². The second-order valence-electron chi connectivity index (χ2n) is 3.66. The Bertz CT molecular complexity index is 439. The molecule has 1 rings (SSSR count). The second kappa shape index (κ2) is 7.43. The van der Waals surface area contributed by atoms with E-state index in [-0.39, 0.29) is 5.91 Å². The Morgan fingerprint density at radius 3 is 2.72 bits per heavy atom. The number of amides is 1. The molecule has 0 saturated carbocycles. The monoisotopic (exact) mass is 331 g/mol. The van der Waals surface area contributed by atoms with E-state index in [1.165, 1.54) is 6.92 Å². The van der Waals surface area contributed by atoms with Crippen LogP contribution in [0.1, 0.15) is 13.3 Å². The normalized spacial score (nSPS) is 11.9. The molecule has 0 spiro atoms. The number of carboxylic acid groups (broad SMARTS) is 1. The summed E-state index contributed by atoms with van der Waals surface area (Å²) in [5.41, 5.74) is 0. The molecule has 0 aliphatic heterocycles. The molecule has 0 unspecified atom stereocenters. The van der Waals surface area contributed by atoms with Gasteiger partial charge in [0.05, 0.1) is 0 Å². The topological polar surface area (TPSA) is 66.4 Å². The van der Waals surface area contributed by atoms with Crippen molar-refractivity contribution in [1.82, 2.24) is 5.32 Å². The molecule has 98 valence electrons. The summed E-state index contributed by atoms with van der Waals surface area (Å²) in [6.07, 6.45) is 0.295. The maximum Gasteiger partial charge on any atom is 0.325 e. The SMILES string of the molecule is C[C@@H](NC(=O)CCSc1ccccc1Br)C(=O)O. The first-order valence-corrected chi connectivity index (χ1v) is 7.18. The summed E-state index contributed by atoms with van der Waals surface area (Å²) < 4.78 is 0.995. The summed E-state index contributed by atoms with van der Waals surface area (Å²) in [6.45, 7) is 1.45. The molecule has 0 aromatic heterocycles. The first-order chi connectivity index (χ1) is 8.50. The summed E-state index contributed by atoms with van der Waals surface area (Å²) in [6, 6.07) is 6.92. The highest BCUT2D eigenvalue weighted by Gasteiger charge is 2.13. The van der Waals surface area contributed by atoms with E-state index in [2.05, 4.69) is 21.2 Å². The van der Waals surface area contributed by atoms with E-state index in [0.29, 0.717) is 12.2 Å². The van der Waals surface area contributed by atoms with E-state index in [4.69, 9.17) is 5.11 Å². The van der Waals surface area contributed by atoms with Crippen LogP contribution in [0, 0.1) is 0 Å². The number of benzene rings is 1. The smallest absolute Gasteiger partial charge is 0.325 e. The molecule has 2 N–H and O–H groups in total. The van der Waals surface area contributed by atoms with Gasteiger partial charge in [-0.2, -0.15) is 0 Å². The van der Waals surface area contributed by atoms with E-state index in [0.717, 1.165) is 9.37 Å². The van der Waals surface area contributed by atoms with Gasteiger partial charge in [-0.1, -0.05) is 12.1 Å². The Hall–Kier alpha value is -1.01. The van der Waals surface area contributed by atoms with Crippen LogP contribution in [0.3, 0.4) is 0 Å². The van der Waals surface area contributed by atoms with Crippen molar-refractivity contribution in [3.05, 3.63) is 28.7 Å². The molecule has 4 nitrogen and oxygen atoms in total. The summed E-state index contributed by atoms with van der Waals surface area (Å²) in [7, 11) is 0. The lowest BCUT2D eigenvalue weighted by atomic mass is 10.3. The number of hydrogen-bond acceptors (Lipinski definition) is 3. The third-order valence-corrected chi connectivity index (χ3v) is 4.20. The third-order valence-electron chi connectivity index (χ3n) is 2.17. The molecule has 0 heterocycles. The van der Waals surface area contributed by atoms with Crippen molar-refractivity contribution in [2.75, 3.05) is 5.75 Å². The largest absolute Gasteiger partial charge is 0.480 e. The zero-order valence-electron chi connectivity index (χ0n) is 9.85. The first kappa shape index (κ1) is 15.0. The number of carboxylic acids is 1. The highest BCUT2D eigenvalue weighted by Crippen LogP contribution is 2.27. The van der Waals surface area contributed by atoms with Crippen LogP contribution in [-0.4, -0.2) is 28.8 Å². The minimum atomic E-state index is -1.03. The summed E-state index contributed by atoms with van der Waals surface area (Å²) in [4.78, 5) is 23.0. The van der Waals surface area contributed by atoms with Gasteiger partial charge in [0, 0.05) is 21.5 Å². The lowest BCUT2D eigenvalue weighted by Crippen LogP contribution is -2.38. The Morgan fingerprint density at radius 2 is 2.11 bits per heavy atom. The van der Waals surface area contributed by atoms with Gasteiger partial charge in [0.15, 0.2) is 0 Å². The standard InChI is InChI=1S/C12H14BrNO3S/c1-8(12(16)17)14-11(15)6-7-18-10-5-3-2-4-9(10)13/h2-5,8H,6-7H2,1H3,(H,14,15)(H,16,17)/t8-/m1/s1. The molecule has 0 fully saturated rings. The molecular formula is C12H14BrNO3S. The lowest BCUT2D eigenvalue weighted by molar-refractivity contribution is -0.141. The van der Waals surface area contributed by atoms with E-state index in [9.17, 15) is 9.59 Å². The van der Waals surface area contributed by atoms with Gasteiger partial charge in [0.25, 0.3) is 0 Å². The predicted octanol–water partition coefficient (Wildman–Crippen LogP) is 2.52. The fraction of sp³-hybridized carbons (Fsp3) is 0.333. The van der Waals surface area contributed by atoms with Gasteiger partial charge in [-0.3, -0.25) is 9.59 Å². The van der Waals surface area contributed by atoms with Crippen molar-refractivity contribution in [3.63, 3.8) is 0 Å². The molecule has 1 aromatic carbocycles. The van der Waals surface area contributed by atoms with E-state index in [1.54, 1.807) is 11.8 Å². The average Bonchev–Trinajstić information content (AvgIpc) is 2.31. The van der Waals surface area contributed by atoms with Gasteiger partial charge >= 0.3 is 5.97 Å². The molecule has 1 amide bonds. The van der Waals surface area contributed by atoms with Gasteiger partial charge in [-0.25, -0.2) is 0 Å². The van der Waals surface area contributed by atoms with Gasteiger partial charge in [-0.05, 0) is 35.0 Å². The quantitative estimate of drug-likeness (QED) is 0.786. The maximum absolute atomic E-state index is 11.4. The van der Waals surface area contributed by atoms with Gasteiger partial charge in [0.2, 0.25) is 5.91 Å². The lowest BCUT2D eigenvalue weighted by Gasteiger charge is -2.09. The second-order valence-corrected chi connectivity index (χ2v) is 5.65. The van der Waals surface area contributed by atoms with Crippen molar-refractivity contribution in [2.24, 2.45) is 0 Å². The van der Waals surface area contributed by atoms with Crippen LogP contribution in [0.2, 0.25) is 0 Å². The molecule has 0 bridgehead atoms. The van der Waals surface area contributed by atoms with E-state index >= 15 is 0 Å². The molecule has 0 aliphatic rings. The molecule has 1 aromatic rings. The number of nitrogens with one attached hydrogen (secondary N) is 1. The van der Waals surface area contributed by atoms with Crippen molar-refractivity contribution in [3.8, 4) is 0 Å². The van der Waals surface area contributed by atoms with Crippen LogP contribution < -0.4 is 5.32 Å². The van der Waals surface area contributed by atoms with Crippen LogP contribution >= 0.6 is 27.7 Å². The molecule has 1 atom stereocenters. The fourth-order valence-electron chi connectivity index (χ4n) is 1.19. The van der Waals surface area contributed by atoms with Crippen LogP contribution in [0.25, 0.3) is 0 Å². The Morgan fingerprint density at radius 1 is 1.44 bits per heavy atom. The molecular weight excluding hydrogens is 318 g/mol. The molecule has 0 saturated heterocycles. The number of carbonyl (C=O) groups excluding carboxylic acids is 1. The Balaban J connectivity index is 2.32. The first-order valence-electron chi connectivity index (χ1n) is 5.40. The van der Waals surface area contributed by atoms with Crippen LogP contribution in [-0.2, 0) is 9.59 Å². The highest BCUT2D eigenvalue weighted by molar-refractivity contribution is 9.10. The number of rotatable bonds is 6. The van der Waals surface area contributed by atoms with Gasteiger partial charge in [0.1, 0.15) is 6.04 Å². The zero-order valence-corrected chi connectivity index (χ0v) is 12.3. The van der Waals surface area contributed by atoms with E-state index in [1.807, 2.05) is 24.3 Å². The maximum atomic E-state index is 11.4. The molecule has 0 aliphatic carbocycles. The summed E-state index contributed by atoms with van der Waals surface area (Å²) >= 11 is 4.98.